The molecule has 0 N–H and O–H groups in total. The minimum Gasteiger partial charge on any atom is -1.00 e. The van der Waals surface area contributed by atoms with Crippen LogP contribution in [0.3, 0.4) is 0 Å². The summed E-state index contributed by atoms with van der Waals surface area (Å²) in [6.07, 6.45) is 31.5. The van der Waals surface area contributed by atoms with E-state index in [0.717, 1.165) is 12.3 Å². The molecule has 3 heteroatoms. The number of unbranched alkanes of at least 4 members (excludes halogenated alkanes) is 15. The summed E-state index contributed by atoms with van der Waals surface area (Å²) in [5.74, 6) is 0.895. The van der Waals surface area contributed by atoms with Crippen LogP contribution >= 0.6 is 0 Å². The Kier molecular flexibility index (Phi) is 19.8. The van der Waals surface area contributed by atoms with E-state index in [9.17, 15) is 0 Å². The number of ether oxygens (including phenoxy) is 1. The third-order valence-corrected chi connectivity index (χ3v) is 6.77. The Hall–Kier alpha value is -1.36. The lowest BCUT2D eigenvalue weighted by molar-refractivity contribution is -0.697. The minimum atomic E-state index is 0. The molecule has 0 amide bonds. The summed E-state index contributed by atoms with van der Waals surface area (Å²) in [6, 6.07) is 12.6. The van der Waals surface area contributed by atoms with Gasteiger partial charge in [0.1, 0.15) is 12.3 Å². The SMILES string of the molecule is CCCCCCCCCCCCCCCCCC[n+]1ccc(/C=C/c2ccc(OC)cc2)cc1.[I-]. The van der Waals surface area contributed by atoms with E-state index in [0.29, 0.717) is 0 Å². The lowest BCUT2D eigenvalue weighted by Gasteiger charge is -2.03. The number of aryl methyl sites for hydroxylation is 1. The Morgan fingerprint density at radius 3 is 1.40 bits per heavy atom. The fourth-order valence-corrected chi connectivity index (χ4v) is 4.48. The van der Waals surface area contributed by atoms with Crippen LogP contribution in [-0.4, -0.2) is 7.11 Å². The van der Waals surface area contributed by atoms with Crippen LogP contribution in [0.1, 0.15) is 121 Å². The van der Waals surface area contributed by atoms with Gasteiger partial charge in [0, 0.05) is 18.6 Å². The van der Waals surface area contributed by atoms with Crippen molar-refractivity contribution in [2.75, 3.05) is 7.11 Å². The number of nitrogens with zero attached hydrogens (tertiary/aromatic N) is 1. The van der Waals surface area contributed by atoms with E-state index in [-0.39, 0.29) is 24.0 Å². The van der Waals surface area contributed by atoms with E-state index in [2.05, 4.69) is 60.3 Å². The Morgan fingerprint density at radius 1 is 0.571 bits per heavy atom. The summed E-state index contributed by atoms with van der Waals surface area (Å²) >= 11 is 0. The zero-order valence-corrected chi connectivity index (χ0v) is 24.7. The van der Waals surface area contributed by atoms with Gasteiger partial charge in [0.25, 0.3) is 0 Å². The van der Waals surface area contributed by atoms with Gasteiger partial charge < -0.3 is 28.7 Å². The lowest BCUT2D eigenvalue weighted by atomic mass is 10.0. The number of rotatable bonds is 20. The first-order chi connectivity index (χ1) is 16.8. The number of pyridine rings is 1. The molecule has 1 aromatic carbocycles. The molecule has 1 heterocycles. The Bertz CT molecular complexity index is 754. The summed E-state index contributed by atoms with van der Waals surface area (Å²) in [5.41, 5.74) is 2.42. The van der Waals surface area contributed by atoms with E-state index in [4.69, 9.17) is 4.74 Å². The summed E-state index contributed by atoms with van der Waals surface area (Å²) < 4.78 is 7.53. The fraction of sp³-hybridized carbons (Fsp3) is 0.594. The molecular weight excluding hydrogens is 541 g/mol. The molecule has 0 saturated heterocycles. The average Bonchev–Trinajstić information content (AvgIpc) is 2.88. The van der Waals surface area contributed by atoms with Crippen molar-refractivity contribution in [1.29, 1.82) is 0 Å². The second-order valence-electron chi connectivity index (χ2n) is 9.78. The molecule has 0 aliphatic rings. The van der Waals surface area contributed by atoms with E-state index >= 15 is 0 Å². The predicted octanol–water partition coefficient (Wildman–Crippen LogP) is 6.42. The van der Waals surface area contributed by atoms with Gasteiger partial charge in [-0.25, -0.2) is 4.57 Å². The van der Waals surface area contributed by atoms with Crippen molar-refractivity contribution in [2.45, 2.75) is 116 Å². The molecule has 1 aromatic heterocycles. The zero-order valence-electron chi connectivity index (χ0n) is 22.5. The molecule has 0 atom stereocenters. The highest BCUT2D eigenvalue weighted by molar-refractivity contribution is 5.69. The van der Waals surface area contributed by atoms with Crippen LogP contribution in [0, 0.1) is 0 Å². The monoisotopic (exact) mass is 591 g/mol. The molecule has 0 saturated carbocycles. The summed E-state index contributed by atoms with van der Waals surface area (Å²) in [5, 5.41) is 0. The third-order valence-electron chi connectivity index (χ3n) is 6.77. The Labute approximate surface area is 233 Å². The number of methoxy groups -OCH3 is 1. The van der Waals surface area contributed by atoms with Gasteiger partial charge in [-0.1, -0.05) is 121 Å². The Morgan fingerprint density at radius 2 is 0.971 bits per heavy atom. The first-order valence-electron chi connectivity index (χ1n) is 14.1. The maximum absolute atomic E-state index is 5.21. The van der Waals surface area contributed by atoms with Gasteiger partial charge in [0.2, 0.25) is 0 Å². The van der Waals surface area contributed by atoms with Gasteiger partial charge in [-0.2, -0.15) is 0 Å². The molecule has 2 aromatic rings. The molecule has 0 aliphatic carbocycles. The topological polar surface area (TPSA) is 13.1 Å². The first kappa shape index (κ1) is 31.7. The largest absolute Gasteiger partial charge is 1.00 e. The average molecular weight is 592 g/mol. The number of hydrogen-bond donors (Lipinski definition) is 0. The van der Waals surface area contributed by atoms with Crippen molar-refractivity contribution in [2.24, 2.45) is 0 Å². The standard InChI is InChI=1S/C32H50NO.HI/c1-3-4-5-6-7-8-9-10-11-12-13-14-15-16-17-18-27-33-28-25-31(26-29-33)20-19-30-21-23-32(34-2)24-22-30;/h19-26,28-29H,3-18,27H2,1-2H3;1H/q+1;/p-1/b20-19+;. The maximum atomic E-state index is 5.21. The van der Waals surface area contributed by atoms with Gasteiger partial charge in [0.05, 0.1) is 7.11 Å². The minimum absolute atomic E-state index is 0. The molecule has 35 heavy (non-hydrogen) atoms. The highest BCUT2D eigenvalue weighted by Gasteiger charge is 2.00. The van der Waals surface area contributed by atoms with Crippen LogP contribution in [-0.2, 0) is 6.54 Å². The molecule has 0 radical (unpaired) electrons. The molecule has 196 valence electrons. The molecule has 0 unspecified atom stereocenters. The molecule has 2 nitrogen and oxygen atoms in total. The van der Waals surface area contributed by atoms with Crippen molar-refractivity contribution in [1.82, 2.24) is 0 Å². The molecule has 0 spiro atoms. The van der Waals surface area contributed by atoms with Gasteiger partial charge >= 0.3 is 0 Å². The van der Waals surface area contributed by atoms with Gasteiger partial charge in [0.15, 0.2) is 12.4 Å². The maximum Gasteiger partial charge on any atom is 0.169 e. The van der Waals surface area contributed by atoms with E-state index < -0.39 is 0 Å². The highest BCUT2D eigenvalue weighted by atomic mass is 127. The van der Waals surface area contributed by atoms with Crippen LogP contribution in [0.4, 0.5) is 0 Å². The van der Waals surface area contributed by atoms with Crippen molar-refractivity contribution >= 4 is 12.2 Å². The van der Waals surface area contributed by atoms with Crippen molar-refractivity contribution in [3.63, 3.8) is 0 Å². The number of aromatic nitrogens is 1. The number of benzene rings is 1. The second-order valence-corrected chi connectivity index (χ2v) is 9.78. The molecular formula is C32H50INO. The second kappa shape index (κ2) is 21.9. The van der Waals surface area contributed by atoms with E-state index in [1.165, 1.54) is 114 Å². The summed E-state index contributed by atoms with van der Waals surface area (Å²) in [4.78, 5) is 0. The first-order valence-corrected chi connectivity index (χ1v) is 14.1. The Balaban J connectivity index is 0.00000612. The normalized spacial score (nSPS) is 11.0. The highest BCUT2D eigenvalue weighted by Crippen LogP contribution is 2.15. The summed E-state index contributed by atoms with van der Waals surface area (Å²) in [7, 11) is 1.70. The summed E-state index contributed by atoms with van der Waals surface area (Å²) in [6.45, 7) is 3.42. The van der Waals surface area contributed by atoms with E-state index in [1.807, 2.05) is 12.1 Å². The van der Waals surface area contributed by atoms with Gasteiger partial charge in [-0.3, -0.25) is 0 Å². The quantitative estimate of drug-likeness (QED) is 0.0985. The molecule has 2 rings (SSSR count). The predicted molar refractivity (Wildman–Crippen MR) is 148 cm³/mol. The third kappa shape index (κ3) is 16.1. The number of halogens is 1. The van der Waals surface area contributed by atoms with Crippen molar-refractivity contribution in [3.05, 3.63) is 59.9 Å². The fourth-order valence-electron chi connectivity index (χ4n) is 4.48. The van der Waals surface area contributed by atoms with Crippen LogP contribution in [0.15, 0.2) is 48.8 Å². The van der Waals surface area contributed by atoms with Crippen molar-refractivity contribution in [3.8, 4) is 5.75 Å². The molecule has 0 fully saturated rings. The lowest BCUT2D eigenvalue weighted by Crippen LogP contribution is -3.00. The number of hydrogen-bond acceptors (Lipinski definition) is 1. The molecule has 0 bridgehead atoms. The zero-order chi connectivity index (χ0) is 24.1. The van der Waals surface area contributed by atoms with E-state index in [1.54, 1.807) is 7.11 Å². The van der Waals surface area contributed by atoms with Crippen LogP contribution in [0.2, 0.25) is 0 Å². The van der Waals surface area contributed by atoms with Crippen molar-refractivity contribution < 1.29 is 33.3 Å². The van der Waals surface area contributed by atoms with Crippen LogP contribution in [0.25, 0.3) is 12.2 Å². The molecule has 0 aliphatic heterocycles. The smallest absolute Gasteiger partial charge is 0.169 e. The van der Waals surface area contributed by atoms with Crippen LogP contribution < -0.4 is 33.3 Å². The van der Waals surface area contributed by atoms with Gasteiger partial charge in [-0.05, 0) is 29.7 Å². The van der Waals surface area contributed by atoms with Gasteiger partial charge in [-0.15, -0.1) is 0 Å². The van der Waals surface area contributed by atoms with Crippen LogP contribution in [0.5, 0.6) is 5.75 Å².